The van der Waals surface area contributed by atoms with Crippen LogP contribution in [-0.2, 0) is 0 Å². The lowest BCUT2D eigenvalue weighted by atomic mass is 9.77. The van der Waals surface area contributed by atoms with Crippen LogP contribution in [0.2, 0.25) is 0 Å². The van der Waals surface area contributed by atoms with Crippen molar-refractivity contribution in [3.05, 3.63) is 32.7 Å². The van der Waals surface area contributed by atoms with Gasteiger partial charge >= 0.3 is 5.69 Å². The van der Waals surface area contributed by atoms with E-state index in [1.54, 1.807) is 0 Å². The van der Waals surface area contributed by atoms with Gasteiger partial charge in [0.2, 0.25) is 0 Å². The van der Waals surface area contributed by atoms with Crippen molar-refractivity contribution in [1.29, 1.82) is 0 Å². The average molecular weight is 352 g/mol. The fraction of sp³-hybridized carbons (Fsp3) is 0.562. The second kappa shape index (κ2) is 5.97. The molecule has 1 heterocycles. The molecule has 1 aromatic heterocycles. The number of aromatic nitrogens is 2. The summed E-state index contributed by atoms with van der Waals surface area (Å²) in [5.41, 5.74) is 2.81. The van der Waals surface area contributed by atoms with E-state index in [1.807, 2.05) is 13.1 Å². The monoisotopic (exact) mass is 351 g/mol. The van der Waals surface area contributed by atoms with Gasteiger partial charge in [-0.2, -0.15) is 0 Å². The van der Waals surface area contributed by atoms with Crippen LogP contribution in [0.1, 0.15) is 44.2 Å². The minimum Gasteiger partial charge on any atom is -0.313 e. The molecule has 5 heteroatoms. The van der Waals surface area contributed by atoms with Crippen molar-refractivity contribution >= 4 is 27.0 Å². The Bertz CT molecular complexity index is 682. The Morgan fingerprint density at radius 2 is 1.81 bits per heavy atom. The molecule has 0 radical (unpaired) electrons. The Balaban J connectivity index is 1.96. The van der Waals surface area contributed by atoms with Gasteiger partial charge in [0.25, 0.3) is 0 Å². The number of aromatic amines is 2. The first kappa shape index (κ1) is 14.9. The van der Waals surface area contributed by atoms with Crippen molar-refractivity contribution in [2.45, 2.75) is 38.6 Å². The summed E-state index contributed by atoms with van der Waals surface area (Å²) in [6.07, 6.45) is 5.15. The predicted octanol–water partition coefficient (Wildman–Crippen LogP) is 3.71. The summed E-state index contributed by atoms with van der Waals surface area (Å²) in [6.45, 7) is 2.34. The zero-order valence-electron chi connectivity index (χ0n) is 12.5. The summed E-state index contributed by atoms with van der Waals surface area (Å²) in [5, 5.41) is 3.48. The molecule has 0 bridgehead atoms. The number of hydrogen-bond donors (Lipinski definition) is 3. The van der Waals surface area contributed by atoms with Crippen molar-refractivity contribution in [2.75, 3.05) is 7.05 Å². The average Bonchev–Trinajstić information content (AvgIpc) is 2.81. The fourth-order valence-electron chi connectivity index (χ4n) is 3.58. The number of fused-ring (bicyclic) bond motifs is 1. The summed E-state index contributed by atoms with van der Waals surface area (Å²) in [5.74, 6) is 1.51. The van der Waals surface area contributed by atoms with Crippen molar-refractivity contribution in [3.63, 3.8) is 0 Å². The number of H-pyrrole nitrogens is 2. The van der Waals surface area contributed by atoms with Crippen LogP contribution >= 0.6 is 15.9 Å². The molecular formula is C16H22BrN3O. The smallest absolute Gasteiger partial charge is 0.313 e. The van der Waals surface area contributed by atoms with Gasteiger partial charge in [-0.3, -0.25) is 0 Å². The Morgan fingerprint density at radius 3 is 2.43 bits per heavy atom. The van der Waals surface area contributed by atoms with Crippen molar-refractivity contribution in [1.82, 2.24) is 15.3 Å². The molecule has 1 saturated carbocycles. The molecule has 114 valence electrons. The maximum absolute atomic E-state index is 11.4. The fourth-order valence-corrected chi connectivity index (χ4v) is 4.17. The normalized spacial score (nSPS) is 24.3. The maximum Gasteiger partial charge on any atom is 0.323 e. The molecule has 1 fully saturated rings. The molecule has 2 aromatic rings. The molecule has 3 N–H and O–H groups in total. The number of rotatable bonds is 3. The van der Waals surface area contributed by atoms with E-state index in [9.17, 15) is 4.79 Å². The highest BCUT2D eigenvalue weighted by molar-refractivity contribution is 9.10. The lowest BCUT2D eigenvalue weighted by Gasteiger charge is -2.33. The second-order valence-electron chi connectivity index (χ2n) is 6.28. The quantitative estimate of drug-likeness (QED) is 0.789. The number of hydrogen-bond acceptors (Lipinski definition) is 2. The van der Waals surface area contributed by atoms with Gasteiger partial charge in [0.1, 0.15) is 0 Å². The Labute approximate surface area is 132 Å². The third-order valence-corrected chi connectivity index (χ3v) is 5.50. The van der Waals surface area contributed by atoms with Crippen LogP contribution in [0.25, 0.3) is 11.0 Å². The highest BCUT2D eigenvalue weighted by Crippen LogP contribution is 2.39. The number of imidazole rings is 1. The van der Waals surface area contributed by atoms with Crippen molar-refractivity contribution < 1.29 is 0 Å². The Hall–Kier alpha value is -1.07. The third kappa shape index (κ3) is 2.94. The van der Waals surface area contributed by atoms with Gasteiger partial charge < -0.3 is 15.3 Å². The van der Waals surface area contributed by atoms with E-state index in [4.69, 9.17) is 0 Å². The first-order valence-corrected chi connectivity index (χ1v) is 8.46. The van der Waals surface area contributed by atoms with Crippen LogP contribution in [0, 0.1) is 11.8 Å². The standard InChI is InChI=1S/C16H22BrN3O/c1-9-3-5-10(6-4-9)15(18-2)11-7-13-14(8-12(11)17)20-16(21)19-13/h7-10,15,18H,3-6H2,1-2H3,(H2,19,20,21). The molecule has 1 atom stereocenters. The molecular weight excluding hydrogens is 330 g/mol. The lowest BCUT2D eigenvalue weighted by Crippen LogP contribution is -2.28. The molecule has 1 unspecified atom stereocenters. The highest BCUT2D eigenvalue weighted by Gasteiger charge is 2.27. The van der Waals surface area contributed by atoms with Crippen molar-refractivity contribution in [3.8, 4) is 0 Å². The highest BCUT2D eigenvalue weighted by atomic mass is 79.9. The summed E-state index contributed by atoms with van der Waals surface area (Å²) in [7, 11) is 2.03. The molecule has 1 aliphatic carbocycles. The second-order valence-corrected chi connectivity index (χ2v) is 7.14. The van der Waals surface area contributed by atoms with E-state index in [0.717, 1.165) is 21.4 Å². The van der Waals surface area contributed by atoms with E-state index in [-0.39, 0.29) is 5.69 Å². The maximum atomic E-state index is 11.4. The van der Waals surface area contributed by atoms with Gasteiger partial charge in [0, 0.05) is 10.5 Å². The molecule has 1 aliphatic rings. The third-order valence-electron chi connectivity index (χ3n) is 4.81. The van der Waals surface area contributed by atoms with Crippen LogP contribution < -0.4 is 11.0 Å². The Morgan fingerprint density at radius 1 is 1.19 bits per heavy atom. The molecule has 0 spiro atoms. The van der Waals surface area contributed by atoms with Gasteiger partial charge in [0.15, 0.2) is 0 Å². The van der Waals surface area contributed by atoms with Gasteiger partial charge in [-0.25, -0.2) is 4.79 Å². The Kier molecular flexibility index (Phi) is 4.22. The van der Waals surface area contributed by atoms with Gasteiger partial charge in [0.05, 0.1) is 11.0 Å². The zero-order chi connectivity index (χ0) is 15.0. The van der Waals surface area contributed by atoms with Gasteiger partial charge in [-0.1, -0.05) is 35.7 Å². The number of nitrogens with one attached hydrogen (secondary N) is 3. The lowest BCUT2D eigenvalue weighted by molar-refractivity contribution is 0.237. The molecule has 0 amide bonds. The summed E-state index contributed by atoms with van der Waals surface area (Å²) >= 11 is 3.67. The van der Waals surface area contributed by atoms with Crippen LogP contribution in [0.5, 0.6) is 0 Å². The molecule has 3 rings (SSSR count). The SMILES string of the molecule is CNC(c1cc2[nH]c(=O)[nH]c2cc1Br)C1CCC(C)CC1. The molecule has 21 heavy (non-hydrogen) atoms. The van der Waals surface area contributed by atoms with Crippen LogP contribution in [0.3, 0.4) is 0 Å². The minimum absolute atomic E-state index is 0.151. The predicted molar refractivity (Wildman–Crippen MR) is 89.5 cm³/mol. The van der Waals surface area contributed by atoms with E-state index < -0.39 is 0 Å². The summed E-state index contributed by atoms with van der Waals surface area (Å²) < 4.78 is 1.06. The van der Waals surface area contributed by atoms with E-state index in [1.165, 1.54) is 31.2 Å². The minimum atomic E-state index is -0.151. The van der Waals surface area contributed by atoms with Crippen LogP contribution in [0.15, 0.2) is 21.4 Å². The molecule has 1 aromatic carbocycles. The van der Waals surface area contributed by atoms with Gasteiger partial charge in [-0.15, -0.1) is 0 Å². The summed E-state index contributed by atoms with van der Waals surface area (Å²) in [4.78, 5) is 17.1. The first-order valence-electron chi connectivity index (χ1n) is 7.67. The van der Waals surface area contributed by atoms with Gasteiger partial charge in [-0.05, 0) is 49.4 Å². The molecule has 0 saturated heterocycles. The van der Waals surface area contributed by atoms with E-state index >= 15 is 0 Å². The summed E-state index contributed by atoms with van der Waals surface area (Å²) in [6, 6.07) is 4.42. The van der Waals surface area contributed by atoms with Crippen molar-refractivity contribution in [2.24, 2.45) is 11.8 Å². The van der Waals surface area contributed by atoms with E-state index in [2.05, 4.69) is 44.2 Å². The topological polar surface area (TPSA) is 60.7 Å². The number of benzene rings is 1. The van der Waals surface area contributed by atoms with Crippen LogP contribution in [0.4, 0.5) is 0 Å². The molecule has 4 nitrogen and oxygen atoms in total. The largest absolute Gasteiger partial charge is 0.323 e. The zero-order valence-corrected chi connectivity index (χ0v) is 14.1. The number of halogens is 1. The first-order chi connectivity index (χ1) is 10.1. The van der Waals surface area contributed by atoms with E-state index in [0.29, 0.717) is 12.0 Å². The van der Waals surface area contributed by atoms with Crippen LogP contribution in [-0.4, -0.2) is 17.0 Å². The molecule has 0 aliphatic heterocycles.